The van der Waals surface area contributed by atoms with E-state index in [4.69, 9.17) is 13.9 Å². The Hall–Kier alpha value is -1.81. The van der Waals surface area contributed by atoms with Crippen molar-refractivity contribution in [1.29, 1.82) is 0 Å². The molecule has 1 aromatic carbocycles. The highest BCUT2D eigenvalue weighted by atomic mass is 16.5. The minimum absolute atomic E-state index is 0.334. The number of hydrogen-bond acceptors (Lipinski definition) is 4. The van der Waals surface area contributed by atoms with Gasteiger partial charge < -0.3 is 13.9 Å². The first-order valence-electron chi connectivity index (χ1n) is 6.38. The van der Waals surface area contributed by atoms with E-state index in [-0.39, 0.29) is 5.63 Å². The van der Waals surface area contributed by atoms with E-state index in [2.05, 4.69) is 0 Å². The largest absolute Gasteiger partial charge is 0.491 e. The second kappa shape index (κ2) is 5.89. The van der Waals surface area contributed by atoms with Gasteiger partial charge in [-0.2, -0.15) is 0 Å². The van der Waals surface area contributed by atoms with Crippen molar-refractivity contribution in [2.45, 2.75) is 20.8 Å². The molecule has 0 fully saturated rings. The lowest BCUT2D eigenvalue weighted by atomic mass is 10.1. The fourth-order valence-electron chi connectivity index (χ4n) is 2.01. The first-order valence-corrected chi connectivity index (χ1v) is 6.38. The number of benzene rings is 1. The van der Waals surface area contributed by atoms with Crippen LogP contribution in [-0.4, -0.2) is 19.8 Å². The van der Waals surface area contributed by atoms with Crippen molar-refractivity contribution >= 4 is 11.0 Å². The van der Waals surface area contributed by atoms with Crippen molar-refractivity contribution in [2.24, 2.45) is 0 Å². The number of rotatable bonds is 5. The molecule has 1 heterocycles. The zero-order chi connectivity index (χ0) is 13.8. The van der Waals surface area contributed by atoms with Crippen LogP contribution in [0, 0.1) is 13.8 Å². The monoisotopic (exact) mass is 262 g/mol. The Morgan fingerprint density at radius 3 is 2.74 bits per heavy atom. The van der Waals surface area contributed by atoms with Crippen molar-refractivity contribution in [1.82, 2.24) is 0 Å². The third-order valence-electron chi connectivity index (χ3n) is 3.01. The smallest absolute Gasteiger partial charge is 0.336 e. The highest BCUT2D eigenvalue weighted by Crippen LogP contribution is 2.27. The van der Waals surface area contributed by atoms with Gasteiger partial charge in [-0.3, -0.25) is 0 Å². The number of ether oxygens (including phenoxy) is 2. The van der Waals surface area contributed by atoms with E-state index in [1.807, 2.05) is 32.9 Å². The predicted molar refractivity (Wildman–Crippen MR) is 73.9 cm³/mol. The maximum Gasteiger partial charge on any atom is 0.336 e. The van der Waals surface area contributed by atoms with Crippen molar-refractivity contribution in [2.75, 3.05) is 19.8 Å². The summed E-state index contributed by atoms with van der Waals surface area (Å²) in [5.41, 5.74) is 2.02. The van der Waals surface area contributed by atoms with Gasteiger partial charge in [-0.25, -0.2) is 4.79 Å². The average molecular weight is 262 g/mol. The summed E-state index contributed by atoms with van der Waals surface area (Å²) >= 11 is 0. The van der Waals surface area contributed by atoms with Gasteiger partial charge in [0.05, 0.1) is 6.61 Å². The molecule has 0 saturated heterocycles. The number of fused-ring (bicyclic) bond motifs is 1. The van der Waals surface area contributed by atoms with Crippen molar-refractivity contribution < 1.29 is 13.9 Å². The van der Waals surface area contributed by atoms with Crippen LogP contribution >= 0.6 is 0 Å². The average Bonchev–Trinajstić information content (AvgIpc) is 2.37. The Labute approximate surface area is 111 Å². The van der Waals surface area contributed by atoms with Crippen LogP contribution in [0.4, 0.5) is 0 Å². The maximum absolute atomic E-state index is 11.4. The zero-order valence-corrected chi connectivity index (χ0v) is 11.5. The normalized spacial score (nSPS) is 10.9. The molecule has 19 heavy (non-hydrogen) atoms. The van der Waals surface area contributed by atoms with Gasteiger partial charge in [-0.15, -0.1) is 0 Å². The molecule has 0 radical (unpaired) electrons. The van der Waals surface area contributed by atoms with E-state index in [9.17, 15) is 4.79 Å². The van der Waals surface area contributed by atoms with Crippen molar-refractivity contribution in [3.8, 4) is 5.75 Å². The second-order valence-electron chi connectivity index (χ2n) is 4.36. The van der Waals surface area contributed by atoms with Crippen LogP contribution < -0.4 is 10.4 Å². The molecule has 2 aromatic rings. The Balaban J connectivity index is 2.32. The molecule has 0 bridgehead atoms. The van der Waals surface area contributed by atoms with Crippen LogP contribution in [0.2, 0.25) is 0 Å². The highest BCUT2D eigenvalue weighted by molar-refractivity contribution is 5.84. The van der Waals surface area contributed by atoms with Crippen molar-refractivity contribution in [3.05, 3.63) is 39.7 Å². The molecule has 0 aliphatic carbocycles. The lowest BCUT2D eigenvalue weighted by molar-refractivity contribution is 0.110. The minimum atomic E-state index is -0.334. The van der Waals surface area contributed by atoms with Gasteiger partial charge in [0, 0.05) is 23.6 Å². The Kier molecular flexibility index (Phi) is 4.22. The number of hydrogen-bond donors (Lipinski definition) is 0. The van der Waals surface area contributed by atoms with Gasteiger partial charge in [0.2, 0.25) is 0 Å². The fourth-order valence-corrected chi connectivity index (χ4v) is 2.01. The summed E-state index contributed by atoms with van der Waals surface area (Å²) in [7, 11) is 0. The van der Waals surface area contributed by atoms with Gasteiger partial charge in [0.25, 0.3) is 0 Å². The molecule has 0 unspecified atom stereocenters. The van der Waals surface area contributed by atoms with E-state index in [0.29, 0.717) is 25.4 Å². The summed E-state index contributed by atoms with van der Waals surface area (Å²) in [4.78, 5) is 11.4. The van der Waals surface area contributed by atoms with E-state index in [1.54, 1.807) is 0 Å². The molecule has 1 aromatic heterocycles. The van der Waals surface area contributed by atoms with E-state index < -0.39 is 0 Å². The summed E-state index contributed by atoms with van der Waals surface area (Å²) < 4.78 is 16.1. The second-order valence-corrected chi connectivity index (χ2v) is 4.36. The lowest BCUT2D eigenvalue weighted by Crippen LogP contribution is -2.07. The molecule has 0 aliphatic heterocycles. The van der Waals surface area contributed by atoms with Crippen LogP contribution in [0.1, 0.15) is 18.1 Å². The summed E-state index contributed by atoms with van der Waals surface area (Å²) in [5, 5.41) is 0.939. The van der Waals surface area contributed by atoms with E-state index in [0.717, 1.165) is 22.3 Å². The molecule has 0 N–H and O–H groups in total. The SMILES string of the molecule is CCOCCOc1ccc2c(C)cc(=O)oc2c1C. The molecular weight excluding hydrogens is 244 g/mol. The van der Waals surface area contributed by atoms with Crippen LogP contribution in [-0.2, 0) is 4.74 Å². The van der Waals surface area contributed by atoms with Crippen LogP contribution in [0.15, 0.2) is 27.4 Å². The van der Waals surface area contributed by atoms with Gasteiger partial charge in [0.15, 0.2) is 0 Å². The predicted octanol–water partition coefficient (Wildman–Crippen LogP) is 2.83. The topological polar surface area (TPSA) is 48.7 Å². The van der Waals surface area contributed by atoms with Crippen LogP contribution in [0.25, 0.3) is 11.0 Å². The van der Waals surface area contributed by atoms with Gasteiger partial charge in [-0.05, 0) is 38.5 Å². The van der Waals surface area contributed by atoms with Crippen molar-refractivity contribution in [3.63, 3.8) is 0 Å². The summed E-state index contributed by atoms with van der Waals surface area (Å²) in [5.74, 6) is 0.723. The van der Waals surface area contributed by atoms with Gasteiger partial charge in [0.1, 0.15) is 17.9 Å². The minimum Gasteiger partial charge on any atom is -0.491 e. The van der Waals surface area contributed by atoms with E-state index in [1.165, 1.54) is 6.07 Å². The molecule has 102 valence electrons. The molecule has 0 atom stereocenters. The number of aryl methyl sites for hydroxylation is 2. The lowest BCUT2D eigenvalue weighted by Gasteiger charge is -2.11. The Morgan fingerprint density at radius 1 is 1.21 bits per heavy atom. The molecule has 0 aliphatic rings. The highest BCUT2D eigenvalue weighted by Gasteiger charge is 2.09. The third-order valence-corrected chi connectivity index (χ3v) is 3.01. The standard InChI is InChI=1S/C15H18O4/c1-4-17-7-8-18-13-6-5-12-10(2)9-14(16)19-15(12)11(13)3/h5-6,9H,4,7-8H2,1-3H3. The zero-order valence-electron chi connectivity index (χ0n) is 11.5. The maximum atomic E-state index is 11.4. The first-order chi connectivity index (χ1) is 9.13. The Morgan fingerprint density at radius 2 is 2.00 bits per heavy atom. The Bertz CT molecular complexity index is 628. The molecule has 2 rings (SSSR count). The molecule has 0 amide bonds. The molecule has 0 saturated carbocycles. The quantitative estimate of drug-likeness (QED) is 0.614. The molecular formula is C15H18O4. The molecule has 0 spiro atoms. The van der Waals surface area contributed by atoms with E-state index >= 15 is 0 Å². The van der Waals surface area contributed by atoms with Gasteiger partial charge >= 0.3 is 5.63 Å². The van der Waals surface area contributed by atoms with Gasteiger partial charge in [-0.1, -0.05) is 0 Å². The summed E-state index contributed by atoms with van der Waals surface area (Å²) in [6.45, 7) is 7.43. The summed E-state index contributed by atoms with van der Waals surface area (Å²) in [6, 6.07) is 5.31. The first kappa shape index (κ1) is 13.6. The summed E-state index contributed by atoms with van der Waals surface area (Å²) in [6.07, 6.45) is 0. The fraction of sp³-hybridized carbons (Fsp3) is 0.400. The van der Waals surface area contributed by atoms with Crippen LogP contribution in [0.3, 0.4) is 0 Å². The molecule has 4 nitrogen and oxygen atoms in total. The molecule has 4 heteroatoms. The third kappa shape index (κ3) is 2.96. The van der Waals surface area contributed by atoms with Crippen LogP contribution in [0.5, 0.6) is 5.75 Å².